The Labute approximate surface area is 174 Å². The number of piperazine rings is 2. The fraction of sp³-hybridized carbons (Fsp3) is 0.458. The molecule has 2 aliphatic rings. The average Bonchev–Trinajstić information content (AvgIpc) is 2.77. The first kappa shape index (κ1) is 20.1. The molecule has 2 fully saturated rings. The highest BCUT2D eigenvalue weighted by atomic mass is 16.2. The van der Waals surface area contributed by atoms with Crippen LogP contribution in [0.15, 0.2) is 60.7 Å². The van der Waals surface area contributed by atoms with Crippen molar-refractivity contribution >= 4 is 5.91 Å². The van der Waals surface area contributed by atoms with E-state index in [9.17, 15) is 4.79 Å². The number of nitrogens with zero attached hydrogens (tertiary/aromatic N) is 4. The Hall–Kier alpha value is -2.21. The van der Waals surface area contributed by atoms with Crippen molar-refractivity contribution in [2.24, 2.45) is 0 Å². The molecule has 1 amide bonds. The molecule has 0 aromatic heterocycles. The van der Waals surface area contributed by atoms with Crippen LogP contribution in [0.3, 0.4) is 0 Å². The third-order valence-corrected chi connectivity index (χ3v) is 6.05. The molecular weight excluding hydrogens is 360 g/mol. The van der Waals surface area contributed by atoms with E-state index in [4.69, 9.17) is 0 Å². The van der Waals surface area contributed by atoms with E-state index >= 15 is 0 Å². The first-order valence-electron chi connectivity index (χ1n) is 10.8. The standard InChI is InChI=1S/C24H32N4O/c29-24(28-17-15-26(16-18-28)20-23-9-5-2-6-10-23)21-27-13-11-25(12-14-27)19-22-7-3-1-4-8-22/h1-10H,11-21H2. The lowest BCUT2D eigenvalue weighted by atomic mass is 10.2. The van der Waals surface area contributed by atoms with Crippen molar-refractivity contribution in [2.75, 3.05) is 58.9 Å². The van der Waals surface area contributed by atoms with Gasteiger partial charge in [-0.2, -0.15) is 0 Å². The van der Waals surface area contributed by atoms with Crippen molar-refractivity contribution in [3.63, 3.8) is 0 Å². The zero-order chi connectivity index (χ0) is 19.9. The summed E-state index contributed by atoms with van der Waals surface area (Å²) in [5.74, 6) is 0.292. The van der Waals surface area contributed by atoms with Gasteiger partial charge in [-0.25, -0.2) is 0 Å². The van der Waals surface area contributed by atoms with E-state index in [2.05, 4.69) is 80.3 Å². The molecule has 2 heterocycles. The van der Waals surface area contributed by atoms with Crippen LogP contribution in [0.4, 0.5) is 0 Å². The maximum absolute atomic E-state index is 12.8. The molecule has 5 nitrogen and oxygen atoms in total. The second-order valence-corrected chi connectivity index (χ2v) is 8.18. The van der Waals surface area contributed by atoms with Gasteiger partial charge in [0.2, 0.25) is 5.91 Å². The molecule has 0 radical (unpaired) electrons. The van der Waals surface area contributed by atoms with Crippen molar-refractivity contribution in [2.45, 2.75) is 13.1 Å². The number of hydrogen-bond donors (Lipinski definition) is 0. The minimum atomic E-state index is 0.292. The van der Waals surface area contributed by atoms with Gasteiger partial charge in [-0.05, 0) is 11.1 Å². The number of carbonyl (C=O) groups is 1. The molecule has 5 heteroatoms. The highest BCUT2D eigenvalue weighted by Crippen LogP contribution is 2.11. The second kappa shape index (κ2) is 10.0. The topological polar surface area (TPSA) is 30.0 Å². The van der Waals surface area contributed by atoms with Crippen LogP contribution in [0, 0.1) is 0 Å². The summed E-state index contributed by atoms with van der Waals surface area (Å²) in [6.45, 7) is 10.2. The van der Waals surface area contributed by atoms with E-state index in [1.54, 1.807) is 0 Å². The van der Waals surface area contributed by atoms with Gasteiger partial charge in [0.05, 0.1) is 6.54 Å². The predicted octanol–water partition coefficient (Wildman–Crippen LogP) is 2.15. The van der Waals surface area contributed by atoms with Crippen LogP contribution in [-0.2, 0) is 17.9 Å². The van der Waals surface area contributed by atoms with Crippen molar-refractivity contribution < 1.29 is 4.79 Å². The SMILES string of the molecule is O=C(CN1CCN(Cc2ccccc2)CC1)N1CCN(Cc2ccccc2)CC1. The molecule has 0 saturated carbocycles. The molecule has 0 spiro atoms. The van der Waals surface area contributed by atoms with Gasteiger partial charge in [0.25, 0.3) is 0 Å². The van der Waals surface area contributed by atoms with E-state index in [0.29, 0.717) is 12.5 Å². The van der Waals surface area contributed by atoms with E-state index in [-0.39, 0.29) is 0 Å². The largest absolute Gasteiger partial charge is 0.339 e. The first-order valence-corrected chi connectivity index (χ1v) is 10.8. The minimum Gasteiger partial charge on any atom is -0.339 e. The molecule has 2 aliphatic heterocycles. The molecule has 4 rings (SSSR count). The predicted molar refractivity (Wildman–Crippen MR) is 116 cm³/mol. The van der Waals surface area contributed by atoms with Gasteiger partial charge in [-0.3, -0.25) is 19.5 Å². The van der Waals surface area contributed by atoms with Crippen molar-refractivity contribution in [1.82, 2.24) is 19.6 Å². The summed E-state index contributed by atoms with van der Waals surface area (Å²) in [4.78, 5) is 22.1. The van der Waals surface area contributed by atoms with E-state index < -0.39 is 0 Å². The molecule has 154 valence electrons. The quantitative estimate of drug-likeness (QED) is 0.754. The van der Waals surface area contributed by atoms with Crippen molar-refractivity contribution in [3.05, 3.63) is 71.8 Å². The van der Waals surface area contributed by atoms with Gasteiger partial charge in [-0.1, -0.05) is 60.7 Å². The normalized spacial score (nSPS) is 19.4. The molecule has 29 heavy (non-hydrogen) atoms. The van der Waals surface area contributed by atoms with Gasteiger partial charge in [0.15, 0.2) is 0 Å². The van der Waals surface area contributed by atoms with Gasteiger partial charge in [-0.15, -0.1) is 0 Å². The highest BCUT2D eigenvalue weighted by molar-refractivity contribution is 5.78. The summed E-state index contributed by atoms with van der Waals surface area (Å²) in [5, 5.41) is 0. The Kier molecular flexibility index (Phi) is 6.93. The van der Waals surface area contributed by atoms with Gasteiger partial charge in [0, 0.05) is 65.4 Å². The van der Waals surface area contributed by atoms with E-state index in [0.717, 1.165) is 65.4 Å². The fourth-order valence-electron chi connectivity index (χ4n) is 4.24. The summed E-state index contributed by atoms with van der Waals surface area (Å²) < 4.78 is 0. The lowest BCUT2D eigenvalue weighted by Crippen LogP contribution is -2.53. The number of hydrogen-bond acceptors (Lipinski definition) is 4. The van der Waals surface area contributed by atoms with Crippen LogP contribution < -0.4 is 0 Å². The van der Waals surface area contributed by atoms with Crippen LogP contribution in [0.1, 0.15) is 11.1 Å². The van der Waals surface area contributed by atoms with Crippen molar-refractivity contribution in [3.8, 4) is 0 Å². The summed E-state index contributed by atoms with van der Waals surface area (Å²) in [7, 11) is 0. The van der Waals surface area contributed by atoms with Gasteiger partial charge in [0.1, 0.15) is 0 Å². The number of carbonyl (C=O) groups excluding carboxylic acids is 1. The summed E-state index contributed by atoms with van der Waals surface area (Å²) in [6, 6.07) is 21.2. The van der Waals surface area contributed by atoms with E-state index in [1.807, 2.05) is 0 Å². The Bertz CT molecular complexity index is 751. The molecular formula is C24H32N4O. The Balaban J connectivity index is 1.16. The third-order valence-electron chi connectivity index (χ3n) is 6.05. The summed E-state index contributed by atoms with van der Waals surface area (Å²) >= 11 is 0. The summed E-state index contributed by atoms with van der Waals surface area (Å²) in [5.41, 5.74) is 2.71. The molecule has 0 unspecified atom stereocenters. The molecule has 2 saturated heterocycles. The van der Waals surface area contributed by atoms with Crippen LogP contribution >= 0.6 is 0 Å². The molecule has 0 bridgehead atoms. The molecule has 2 aromatic rings. The highest BCUT2D eigenvalue weighted by Gasteiger charge is 2.24. The molecule has 0 N–H and O–H groups in total. The summed E-state index contributed by atoms with van der Waals surface area (Å²) in [6.07, 6.45) is 0. The number of benzene rings is 2. The number of amides is 1. The Morgan fingerprint density at radius 1 is 0.586 bits per heavy atom. The Morgan fingerprint density at radius 3 is 1.48 bits per heavy atom. The lowest BCUT2D eigenvalue weighted by molar-refractivity contribution is -0.134. The Morgan fingerprint density at radius 2 is 1.00 bits per heavy atom. The van der Waals surface area contributed by atoms with Gasteiger partial charge < -0.3 is 4.90 Å². The lowest BCUT2D eigenvalue weighted by Gasteiger charge is -2.38. The zero-order valence-electron chi connectivity index (χ0n) is 17.2. The molecule has 0 aliphatic carbocycles. The van der Waals surface area contributed by atoms with Crippen LogP contribution in [0.5, 0.6) is 0 Å². The third kappa shape index (κ3) is 5.89. The average molecular weight is 393 g/mol. The monoisotopic (exact) mass is 392 g/mol. The maximum Gasteiger partial charge on any atom is 0.236 e. The molecule has 2 aromatic carbocycles. The first-order chi connectivity index (χ1) is 14.3. The zero-order valence-corrected chi connectivity index (χ0v) is 17.2. The molecule has 0 atom stereocenters. The van der Waals surface area contributed by atoms with Crippen LogP contribution in [0.2, 0.25) is 0 Å². The maximum atomic E-state index is 12.8. The number of rotatable bonds is 6. The smallest absolute Gasteiger partial charge is 0.236 e. The second-order valence-electron chi connectivity index (χ2n) is 8.18. The fourth-order valence-corrected chi connectivity index (χ4v) is 4.24. The van der Waals surface area contributed by atoms with Crippen LogP contribution in [-0.4, -0.2) is 84.4 Å². The minimum absolute atomic E-state index is 0.292. The van der Waals surface area contributed by atoms with E-state index in [1.165, 1.54) is 11.1 Å². The van der Waals surface area contributed by atoms with Crippen LogP contribution in [0.25, 0.3) is 0 Å². The van der Waals surface area contributed by atoms with Gasteiger partial charge >= 0.3 is 0 Å². The van der Waals surface area contributed by atoms with Crippen molar-refractivity contribution in [1.29, 1.82) is 0 Å².